The van der Waals surface area contributed by atoms with E-state index < -0.39 is 29.4 Å². The predicted molar refractivity (Wildman–Crippen MR) is 98.5 cm³/mol. The average Bonchev–Trinajstić information content (AvgIpc) is 2.71. The third kappa shape index (κ3) is 5.11. The molecule has 3 rings (SSSR count). The van der Waals surface area contributed by atoms with Crippen molar-refractivity contribution in [1.29, 1.82) is 0 Å². The van der Waals surface area contributed by atoms with Crippen LogP contribution in [-0.4, -0.2) is 48.1 Å². The number of nitrogens with zero attached hydrogens (tertiary/aromatic N) is 3. The van der Waals surface area contributed by atoms with Gasteiger partial charge in [-0.05, 0) is 17.7 Å². The van der Waals surface area contributed by atoms with Gasteiger partial charge in [0.2, 0.25) is 5.91 Å². The number of piperazine rings is 1. The highest BCUT2D eigenvalue weighted by Gasteiger charge is 2.36. The van der Waals surface area contributed by atoms with Crippen molar-refractivity contribution in [2.75, 3.05) is 31.1 Å². The highest BCUT2D eigenvalue weighted by atomic mass is 19.4. The molecule has 4 nitrogen and oxygen atoms in total. The van der Waals surface area contributed by atoms with Gasteiger partial charge in [-0.25, -0.2) is 4.98 Å². The molecule has 1 aliphatic rings. The van der Waals surface area contributed by atoms with Gasteiger partial charge in [-0.15, -0.1) is 0 Å². The van der Waals surface area contributed by atoms with E-state index in [0.29, 0.717) is 11.9 Å². The van der Waals surface area contributed by atoms with Crippen LogP contribution in [0.4, 0.5) is 32.2 Å². The standard InChI is InChI=1S/C20H17F6N3O/c21-19(22,23)15-6-7-17(27-13-15)28-8-10-29(11-9-28)18(30)12-16(20(24,25)26)14-4-2-1-3-5-14/h1-7,12-13H,8-11H2/b16-12-. The van der Waals surface area contributed by atoms with Crippen molar-refractivity contribution in [2.24, 2.45) is 0 Å². The number of benzene rings is 1. The summed E-state index contributed by atoms with van der Waals surface area (Å²) >= 11 is 0. The molecule has 30 heavy (non-hydrogen) atoms. The molecule has 1 amide bonds. The zero-order valence-electron chi connectivity index (χ0n) is 15.5. The third-order valence-electron chi connectivity index (χ3n) is 4.65. The second-order valence-electron chi connectivity index (χ2n) is 6.64. The van der Waals surface area contributed by atoms with Crippen LogP contribution in [0.1, 0.15) is 11.1 Å². The van der Waals surface area contributed by atoms with E-state index in [0.717, 1.165) is 12.3 Å². The second kappa shape index (κ2) is 8.37. The number of amides is 1. The van der Waals surface area contributed by atoms with Crippen LogP contribution < -0.4 is 4.90 Å². The summed E-state index contributed by atoms with van der Waals surface area (Å²) in [4.78, 5) is 19.2. The molecule has 1 aromatic carbocycles. The molecule has 10 heteroatoms. The normalized spacial score (nSPS) is 16.0. The van der Waals surface area contributed by atoms with E-state index in [-0.39, 0.29) is 31.7 Å². The highest BCUT2D eigenvalue weighted by Crippen LogP contribution is 2.34. The van der Waals surface area contributed by atoms with Crippen LogP contribution in [0, 0.1) is 0 Å². The lowest BCUT2D eigenvalue weighted by Crippen LogP contribution is -2.48. The Morgan fingerprint density at radius 1 is 0.900 bits per heavy atom. The van der Waals surface area contributed by atoms with Gasteiger partial charge in [-0.3, -0.25) is 4.79 Å². The van der Waals surface area contributed by atoms with Gasteiger partial charge in [-0.2, -0.15) is 26.3 Å². The number of hydrogen-bond donors (Lipinski definition) is 0. The summed E-state index contributed by atoms with van der Waals surface area (Å²) in [6.45, 7) is 0.727. The molecular weight excluding hydrogens is 412 g/mol. The molecule has 0 radical (unpaired) electrons. The van der Waals surface area contributed by atoms with Crippen LogP contribution in [0.5, 0.6) is 0 Å². The third-order valence-corrected chi connectivity index (χ3v) is 4.65. The van der Waals surface area contributed by atoms with Crippen LogP contribution in [0.15, 0.2) is 54.7 Å². The van der Waals surface area contributed by atoms with Crippen molar-refractivity contribution in [3.8, 4) is 0 Å². The Balaban J connectivity index is 1.68. The zero-order valence-corrected chi connectivity index (χ0v) is 15.5. The topological polar surface area (TPSA) is 36.4 Å². The van der Waals surface area contributed by atoms with Gasteiger partial charge in [0.05, 0.1) is 11.1 Å². The zero-order chi connectivity index (χ0) is 21.9. The molecule has 0 bridgehead atoms. The largest absolute Gasteiger partial charge is 0.417 e. The first-order valence-corrected chi connectivity index (χ1v) is 8.97. The molecule has 0 aliphatic carbocycles. The van der Waals surface area contributed by atoms with Gasteiger partial charge < -0.3 is 9.80 Å². The predicted octanol–water partition coefficient (Wildman–Crippen LogP) is 4.39. The maximum absolute atomic E-state index is 13.4. The summed E-state index contributed by atoms with van der Waals surface area (Å²) in [5, 5.41) is 0. The molecule has 0 N–H and O–H groups in total. The van der Waals surface area contributed by atoms with Crippen LogP contribution in [0.3, 0.4) is 0 Å². The minimum absolute atomic E-state index is 0.106. The lowest BCUT2D eigenvalue weighted by Gasteiger charge is -2.35. The number of anilines is 1. The SMILES string of the molecule is O=C(/C=C(/c1ccccc1)C(F)(F)F)N1CCN(c2ccc(C(F)(F)F)cn2)CC1. The Morgan fingerprint density at radius 2 is 1.53 bits per heavy atom. The number of carbonyl (C=O) groups is 1. The summed E-state index contributed by atoms with van der Waals surface area (Å²) in [6, 6.07) is 9.19. The van der Waals surface area contributed by atoms with Gasteiger partial charge in [-0.1, -0.05) is 30.3 Å². The highest BCUT2D eigenvalue weighted by molar-refractivity contribution is 5.96. The van der Waals surface area contributed by atoms with Crippen LogP contribution in [0.25, 0.3) is 5.57 Å². The van der Waals surface area contributed by atoms with Crippen LogP contribution >= 0.6 is 0 Å². The minimum Gasteiger partial charge on any atom is -0.353 e. The summed E-state index contributed by atoms with van der Waals surface area (Å²) in [7, 11) is 0. The first-order chi connectivity index (χ1) is 14.1. The van der Waals surface area contributed by atoms with Crippen molar-refractivity contribution < 1.29 is 31.1 Å². The quantitative estimate of drug-likeness (QED) is 0.536. The average molecular weight is 429 g/mol. The monoisotopic (exact) mass is 429 g/mol. The Kier molecular flexibility index (Phi) is 6.04. The fourth-order valence-corrected chi connectivity index (χ4v) is 3.06. The molecule has 2 aromatic rings. The first-order valence-electron chi connectivity index (χ1n) is 8.97. The second-order valence-corrected chi connectivity index (χ2v) is 6.64. The lowest BCUT2D eigenvalue weighted by molar-refractivity contribution is -0.137. The Bertz CT molecular complexity index is 899. The molecule has 1 aromatic heterocycles. The summed E-state index contributed by atoms with van der Waals surface area (Å²) in [6.07, 6.45) is -7.87. The van der Waals surface area contributed by atoms with Gasteiger partial charge >= 0.3 is 12.4 Å². The summed E-state index contributed by atoms with van der Waals surface area (Å²) < 4.78 is 78.1. The number of aromatic nitrogens is 1. The van der Waals surface area contributed by atoms with Gasteiger partial charge in [0, 0.05) is 38.5 Å². The Labute approximate surface area is 168 Å². The van der Waals surface area contributed by atoms with Crippen molar-refractivity contribution in [2.45, 2.75) is 12.4 Å². The fourth-order valence-electron chi connectivity index (χ4n) is 3.06. The molecule has 0 spiro atoms. The first kappa shape index (κ1) is 21.7. The van der Waals surface area contributed by atoms with Gasteiger partial charge in [0.1, 0.15) is 5.82 Å². The molecule has 0 saturated carbocycles. The van der Waals surface area contributed by atoms with Crippen molar-refractivity contribution in [1.82, 2.24) is 9.88 Å². The summed E-state index contributed by atoms with van der Waals surface area (Å²) in [5.41, 5.74) is -2.00. The number of alkyl halides is 6. The van der Waals surface area contributed by atoms with E-state index in [4.69, 9.17) is 0 Å². The maximum Gasteiger partial charge on any atom is 0.417 e. The number of carbonyl (C=O) groups excluding carboxylic acids is 1. The van der Waals surface area contributed by atoms with E-state index in [1.165, 1.54) is 35.2 Å². The number of allylic oxidation sites excluding steroid dienone is 1. The summed E-state index contributed by atoms with van der Waals surface area (Å²) in [5.74, 6) is -0.461. The van der Waals surface area contributed by atoms with Crippen LogP contribution in [0.2, 0.25) is 0 Å². The molecule has 0 atom stereocenters. The molecule has 2 heterocycles. The lowest BCUT2D eigenvalue weighted by atomic mass is 10.0. The molecule has 160 valence electrons. The number of hydrogen-bond acceptors (Lipinski definition) is 3. The molecule has 1 saturated heterocycles. The number of rotatable bonds is 3. The molecule has 0 unspecified atom stereocenters. The number of pyridine rings is 1. The van der Waals surface area contributed by atoms with Crippen molar-refractivity contribution >= 4 is 17.3 Å². The van der Waals surface area contributed by atoms with E-state index in [1.54, 1.807) is 11.0 Å². The molecule has 1 aliphatic heterocycles. The van der Waals surface area contributed by atoms with Crippen molar-refractivity contribution in [3.05, 3.63) is 65.9 Å². The maximum atomic E-state index is 13.4. The number of halogens is 6. The van der Waals surface area contributed by atoms with Gasteiger partial charge in [0.15, 0.2) is 0 Å². The van der Waals surface area contributed by atoms with E-state index in [9.17, 15) is 31.1 Å². The van der Waals surface area contributed by atoms with Crippen LogP contribution in [-0.2, 0) is 11.0 Å². The Hall–Kier alpha value is -3.04. The molecule has 1 fully saturated rings. The Morgan fingerprint density at radius 3 is 2.03 bits per heavy atom. The molecular formula is C20H17F6N3O. The van der Waals surface area contributed by atoms with E-state index in [2.05, 4.69) is 4.98 Å². The van der Waals surface area contributed by atoms with E-state index in [1.807, 2.05) is 0 Å². The van der Waals surface area contributed by atoms with E-state index >= 15 is 0 Å². The van der Waals surface area contributed by atoms with Crippen molar-refractivity contribution in [3.63, 3.8) is 0 Å². The smallest absolute Gasteiger partial charge is 0.353 e. The van der Waals surface area contributed by atoms with Gasteiger partial charge in [0.25, 0.3) is 0 Å². The fraction of sp³-hybridized carbons (Fsp3) is 0.300. The minimum atomic E-state index is -4.69.